The van der Waals surface area contributed by atoms with Crippen molar-refractivity contribution >= 4 is 0 Å². The molecule has 21 heavy (non-hydrogen) atoms. The highest BCUT2D eigenvalue weighted by atomic mass is 16.5. The summed E-state index contributed by atoms with van der Waals surface area (Å²) in [6.07, 6.45) is 4.31. The molecule has 1 heterocycles. The number of aliphatic hydroxyl groups excluding tert-OH is 1. The molecular weight excluding hydrogens is 264 g/mol. The van der Waals surface area contributed by atoms with Crippen molar-refractivity contribution in [3.8, 4) is 6.07 Å². The molecule has 1 aromatic carbocycles. The minimum atomic E-state index is -0.505. The molecular formula is C17H22N2O2. The third kappa shape index (κ3) is 3.26. The van der Waals surface area contributed by atoms with Crippen LogP contribution in [0.3, 0.4) is 0 Å². The van der Waals surface area contributed by atoms with Crippen LogP contribution >= 0.6 is 0 Å². The molecule has 1 spiro atoms. The second-order valence-electron chi connectivity index (χ2n) is 6.22. The number of morpholine rings is 1. The quantitative estimate of drug-likeness (QED) is 0.926. The summed E-state index contributed by atoms with van der Waals surface area (Å²) in [6.45, 7) is 3.21. The summed E-state index contributed by atoms with van der Waals surface area (Å²) in [7, 11) is 0. The average Bonchev–Trinajstić information content (AvgIpc) is 2.95. The lowest BCUT2D eigenvalue weighted by atomic mass is 9.99. The van der Waals surface area contributed by atoms with Gasteiger partial charge in [0.05, 0.1) is 29.9 Å². The maximum absolute atomic E-state index is 10.4. The molecule has 4 heteroatoms. The lowest BCUT2D eigenvalue weighted by Crippen LogP contribution is -2.51. The van der Waals surface area contributed by atoms with Crippen LogP contribution < -0.4 is 0 Å². The smallest absolute Gasteiger partial charge is 0.0991 e. The van der Waals surface area contributed by atoms with Gasteiger partial charge in [0.2, 0.25) is 0 Å². The predicted octanol–water partition coefficient (Wildman–Crippen LogP) is 2.24. The monoisotopic (exact) mass is 286 g/mol. The molecule has 0 radical (unpaired) electrons. The normalized spacial score (nSPS) is 23.0. The maximum atomic E-state index is 10.4. The highest BCUT2D eigenvalue weighted by Gasteiger charge is 2.39. The molecule has 0 aromatic heterocycles. The SMILES string of the molecule is N#Cc1ccc(C(O)CN2CCOC3(CCCC3)C2)cc1. The van der Waals surface area contributed by atoms with Crippen LogP contribution in [0.15, 0.2) is 24.3 Å². The largest absolute Gasteiger partial charge is 0.387 e. The molecule has 1 atom stereocenters. The fourth-order valence-electron chi connectivity index (χ4n) is 3.53. The number of ether oxygens (including phenoxy) is 1. The van der Waals surface area contributed by atoms with Gasteiger partial charge in [-0.3, -0.25) is 4.90 Å². The Morgan fingerprint density at radius 1 is 1.29 bits per heavy atom. The number of nitrogens with zero attached hydrogens (tertiary/aromatic N) is 2. The van der Waals surface area contributed by atoms with E-state index < -0.39 is 6.10 Å². The standard InChI is InChI=1S/C17H22N2O2/c18-11-14-3-5-15(6-4-14)16(20)12-19-9-10-21-17(13-19)7-1-2-8-17/h3-6,16,20H,1-2,7-10,12-13H2. The van der Waals surface area contributed by atoms with Crippen LogP contribution in [0.25, 0.3) is 0 Å². The Morgan fingerprint density at radius 2 is 2.00 bits per heavy atom. The number of hydrogen-bond acceptors (Lipinski definition) is 4. The van der Waals surface area contributed by atoms with Gasteiger partial charge in [-0.15, -0.1) is 0 Å². The van der Waals surface area contributed by atoms with Gasteiger partial charge in [-0.25, -0.2) is 0 Å². The van der Waals surface area contributed by atoms with Crippen molar-refractivity contribution in [1.82, 2.24) is 4.90 Å². The highest BCUT2D eigenvalue weighted by molar-refractivity contribution is 5.32. The first-order chi connectivity index (χ1) is 10.2. The molecule has 3 rings (SSSR count). The van der Waals surface area contributed by atoms with Crippen molar-refractivity contribution in [2.24, 2.45) is 0 Å². The minimum Gasteiger partial charge on any atom is -0.387 e. The van der Waals surface area contributed by atoms with Crippen molar-refractivity contribution in [3.63, 3.8) is 0 Å². The Morgan fingerprint density at radius 3 is 2.67 bits per heavy atom. The number of aliphatic hydroxyl groups is 1. The zero-order valence-corrected chi connectivity index (χ0v) is 12.3. The third-order valence-corrected chi connectivity index (χ3v) is 4.70. The van der Waals surface area contributed by atoms with Crippen molar-refractivity contribution in [3.05, 3.63) is 35.4 Å². The zero-order valence-electron chi connectivity index (χ0n) is 12.3. The molecule has 112 valence electrons. The zero-order chi connectivity index (χ0) is 14.7. The summed E-state index contributed by atoms with van der Waals surface area (Å²) >= 11 is 0. The molecule has 1 aliphatic carbocycles. The van der Waals surface area contributed by atoms with Crippen molar-refractivity contribution < 1.29 is 9.84 Å². The van der Waals surface area contributed by atoms with Crippen LogP contribution in [-0.4, -0.2) is 41.8 Å². The average molecular weight is 286 g/mol. The van der Waals surface area contributed by atoms with Crippen LogP contribution in [0.4, 0.5) is 0 Å². The van der Waals surface area contributed by atoms with E-state index in [2.05, 4.69) is 11.0 Å². The van der Waals surface area contributed by atoms with Crippen LogP contribution in [0.2, 0.25) is 0 Å². The van der Waals surface area contributed by atoms with Gasteiger partial charge in [0.25, 0.3) is 0 Å². The van der Waals surface area contributed by atoms with E-state index >= 15 is 0 Å². The van der Waals surface area contributed by atoms with Gasteiger partial charge in [-0.2, -0.15) is 5.26 Å². The first kappa shape index (κ1) is 14.5. The van der Waals surface area contributed by atoms with Gasteiger partial charge in [-0.05, 0) is 30.5 Å². The van der Waals surface area contributed by atoms with E-state index in [1.54, 1.807) is 12.1 Å². The number of rotatable bonds is 3. The van der Waals surface area contributed by atoms with Crippen molar-refractivity contribution in [1.29, 1.82) is 5.26 Å². The van der Waals surface area contributed by atoms with E-state index in [1.807, 2.05) is 12.1 Å². The molecule has 2 aliphatic rings. The van der Waals surface area contributed by atoms with Crippen LogP contribution in [0, 0.1) is 11.3 Å². The van der Waals surface area contributed by atoms with Gasteiger partial charge in [0.15, 0.2) is 0 Å². The molecule has 1 saturated carbocycles. The number of β-amino-alcohol motifs (C(OH)–C–C–N with tert-alkyl or cyclic N) is 1. The Kier molecular flexibility index (Phi) is 4.25. The Hall–Kier alpha value is -1.41. The van der Waals surface area contributed by atoms with Gasteiger partial charge in [-0.1, -0.05) is 25.0 Å². The van der Waals surface area contributed by atoms with Gasteiger partial charge in [0.1, 0.15) is 0 Å². The number of benzene rings is 1. The van der Waals surface area contributed by atoms with Crippen LogP contribution in [0.1, 0.15) is 42.9 Å². The van der Waals surface area contributed by atoms with E-state index in [0.717, 1.165) is 38.1 Å². The first-order valence-electron chi connectivity index (χ1n) is 7.75. The second-order valence-corrected chi connectivity index (χ2v) is 6.22. The lowest BCUT2D eigenvalue weighted by molar-refractivity contribution is -0.111. The van der Waals surface area contributed by atoms with Crippen molar-refractivity contribution in [2.75, 3.05) is 26.2 Å². The van der Waals surface area contributed by atoms with Gasteiger partial charge >= 0.3 is 0 Å². The Labute approximate surface area is 125 Å². The lowest BCUT2D eigenvalue weighted by Gasteiger charge is -2.41. The predicted molar refractivity (Wildman–Crippen MR) is 79.7 cm³/mol. The molecule has 2 fully saturated rings. The Balaban J connectivity index is 1.61. The topological polar surface area (TPSA) is 56.5 Å². The van der Waals surface area contributed by atoms with E-state index in [9.17, 15) is 5.11 Å². The van der Waals surface area contributed by atoms with E-state index in [1.165, 1.54) is 12.8 Å². The molecule has 1 aliphatic heterocycles. The van der Waals surface area contributed by atoms with Gasteiger partial charge < -0.3 is 9.84 Å². The summed E-state index contributed by atoms with van der Waals surface area (Å²) < 4.78 is 6.01. The van der Waals surface area contributed by atoms with E-state index in [0.29, 0.717) is 12.1 Å². The fraction of sp³-hybridized carbons (Fsp3) is 0.588. The fourth-order valence-corrected chi connectivity index (χ4v) is 3.53. The molecule has 0 bridgehead atoms. The molecule has 1 saturated heterocycles. The second kappa shape index (κ2) is 6.15. The van der Waals surface area contributed by atoms with Crippen LogP contribution in [0.5, 0.6) is 0 Å². The number of nitriles is 1. The summed E-state index contributed by atoms with van der Waals surface area (Å²) in [5.41, 5.74) is 1.55. The highest BCUT2D eigenvalue weighted by Crippen LogP contribution is 2.36. The van der Waals surface area contributed by atoms with E-state index in [4.69, 9.17) is 10.00 Å². The molecule has 0 amide bonds. The molecule has 1 unspecified atom stereocenters. The number of hydrogen-bond donors (Lipinski definition) is 1. The minimum absolute atomic E-state index is 0.0443. The Bertz CT molecular complexity index is 515. The van der Waals surface area contributed by atoms with Crippen molar-refractivity contribution in [2.45, 2.75) is 37.4 Å². The third-order valence-electron chi connectivity index (χ3n) is 4.70. The summed E-state index contributed by atoms with van der Waals surface area (Å²) in [6, 6.07) is 9.30. The summed E-state index contributed by atoms with van der Waals surface area (Å²) in [5.74, 6) is 0. The molecule has 1 N–H and O–H groups in total. The first-order valence-corrected chi connectivity index (χ1v) is 7.75. The van der Waals surface area contributed by atoms with E-state index in [-0.39, 0.29) is 5.60 Å². The van der Waals surface area contributed by atoms with Gasteiger partial charge in [0, 0.05) is 19.6 Å². The summed E-state index contributed by atoms with van der Waals surface area (Å²) in [4.78, 5) is 2.32. The summed E-state index contributed by atoms with van der Waals surface area (Å²) in [5, 5.41) is 19.2. The molecule has 4 nitrogen and oxygen atoms in total. The maximum Gasteiger partial charge on any atom is 0.0991 e. The molecule has 1 aromatic rings. The van der Waals surface area contributed by atoms with Crippen LogP contribution in [-0.2, 0) is 4.74 Å².